The van der Waals surface area contributed by atoms with E-state index in [0.29, 0.717) is 12.1 Å². The lowest BCUT2D eigenvalue weighted by Gasteiger charge is -2.34. The lowest BCUT2D eigenvalue weighted by Crippen LogP contribution is -2.44. The van der Waals surface area contributed by atoms with Crippen LogP contribution in [0.3, 0.4) is 0 Å². The van der Waals surface area contributed by atoms with Crippen LogP contribution in [0, 0.1) is 0 Å². The van der Waals surface area contributed by atoms with Crippen molar-refractivity contribution in [1.29, 1.82) is 0 Å². The van der Waals surface area contributed by atoms with Crippen LogP contribution in [0.1, 0.15) is 51.1 Å². The summed E-state index contributed by atoms with van der Waals surface area (Å²) in [7, 11) is 0. The molecule has 1 aliphatic carbocycles. The molecule has 2 aliphatic rings. The van der Waals surface area contributed by atoms with Crippen molar-refractivity contribution in [3.63, 3.8) is 0 Å². The van der Waals surface area contributed by atoms with E-state index in [2.05, 4.69) is 41.4 Å². The number of piperidine rings is 1. The second-order valence-corrected chi connectivity index (χ2v) is 6.40. The lowest BCUT2D eigenvalue weighted by molar-refractivity contribution is 0.184. The molecule has 1 aromatic rings. The highest BCUT2D eigenvalue weighted by Gasteiger charge is 2.32. The van der Waals surface area contributed by atoms with Gasteiger partial charge in [-0.3, -0.25) is 0 Å². The summed E-state index contributed by atoms with van der Waals surface area (Å²) < 4.78 is 5.76. The molecule has 3 rings (SSSR count). The van der Waals surface area contributed by atoms with Gasteiger partial charge in [0.1, 0.15) is 5.75 Å². The Hall–Kier alpha value is -1.06. The van der Waals surface area contributed by atoms with Crippen LogP contribution in [-0.4, -0.2) is 36.7 Å². The van der Waals surface area contributed by atoms with Gasteiger partial charge in [-0.15, -0.1) is 0 Å². The fourth-order valence-corrected chi connectivity index (χ4v) is 3.44. The van der Waals surface area contributed by atoms with Gasteiger partial charge in [0.15, 0.2) is 0 Å². The number of hydrogen-bond acceptors (Lipinski definition) is 3. The third-order valence-corrected chi connectivity index (χ3v) is 4.76. The molecule has 21 heavy (non-hydrogen) atoms. The predicted molar refractivity (Wildman–Crippen MR) is 86.8 cm³/mol. The molecule has 1 heterocycles. The molecule has 1 saturated heterocycles. The quantitative estimate of drug-likeness (QED) is 0.868. The Kier molecular flexibility index (Phi) is 4.81. The molecular weight excluding hydrogens is 260 g/mol. The van der Waals surface area contributed by atoms with Crippen LogP contribution in [-0.2, 0) is 0 Å². The number of nitrogens with one attached hydrogen (secondary N) is 1. The molecule has 1 unspecified atom stereocenters. The van der Waals surface area contributed by atoms with Crippen LogP contribution in [0.4, 0.5) is 0 Å². The molecule has 2 fully saturated rings. The van der Waals surface area contributed by atoms with Crippen molar-refractivity contribution in [2.24, 2.45) is 0 Å². The van der Waals surface area contributed by atoms with E-state index in [9.17, 15) is 0 Å². The number of benzene rings is 1. The summed E-state index contributed by atoms with van der Waals surface area (Å²) in [6.45, 7) is 7.56. The first-order valence-electron chi connectivity index (χ1n) is 8.49. The summed E-state index contributed by atoms with van der Waals surface area (Å²) in [6, 6.07) is 10.3. The van der Waals surface area contributed by atoms with Gasteiger partial charge in [-0.25, -0.2) is 0 Å². The second-order valence-electron chi connectivity index (χ2n) is 6.40. The topological polar surface area (TPSA) is 24.5 Å². The van der Waals surface area contributed by atoms with Crippen LogP contribution >= 0.6 is 0 Å². The van der Waals surface area contributed by atoms with Gasteiger partial charge in [-0.1, -0.05) is 18.2 Å². The van der Waals surface area contributed by atoms with Crippen molar-refractivity contribution in [2.75, 3.05) is 19.7 Å². The largest absolute Gasteiger partial charge is 0.494 e. The molecule has 1 aliphatic heterocycles. The monoisotopic (exact) mass is 288 g/mol. The lowest BCUT2D eigenvalue weighted by atomic mass is 10.0. The smallest absolute Gasteiger partial charge is 0.124 e. The van der Waals surface area contributed by atoms with Gasteiger partial charge in [0.2, 0.25) is 0 Å². The van der Waals surface area contributed by atoms with Gasteiger partial charge >= 0.3 is 0 Å². The third kappa shape index (κ3) is 3.78. The van der Waals surface area contributed by atoms with Crippen molar-refractivity contribution in [3.8, 4) is 5.75 Å². The van der Waals surface area contributed by atoms with Crippen molar-refractivity contribution in [2.45, 2.75) is 57.7 Å². The molecule has 116 valence electrons. The number of rotatable bonds is 6. The highest BCUT2D eigenvalue weighted by Crippen LogP contribution is 2.30. The molecule has 1 atom stereocenters. The van der Waals surface area contributed by atoms with E-state index in [1.54, 1.807) is 0 Å². The van der Waals surface area contributed by atoms with Crippen molar-refractivity contribution < 1.29 is 4.74 Å². The fraction of sp³-hybridized carbons (Fsp3) is 0.667. The second kappa shape index (κ2) is 6.80. The maximum Gasteiger partial charge on any atom is 0.124 e. The minimum Gasteiger partial charge on any atom is -0.494 e. The van der Waals surface area contributed by atoms with Crippen LogP contribution in [0.5, 0.6) is 5.75 Å². The summed E-state index contributed by atoms with van der Waals surface area (Å²) in [5.74, 6) is 1.02. The summed E-state index contributed by atoms with van der Waals surface area (Å²) in [6.07, 6.45) is 5.40. The van der Waals surface area contributed by atoms with Gasteiger partial charge in [0, 0.05) is 23.7 Å². The highest BCUT2D eigenvalue weighted by molar-refractivity contribution is 5.35. The molecule has 3 heteroatoms. The Bertz CT molecular complexity index is 450. The van der Waals surface area contributed by atoms with Crippen molar-refractivity contribution in [3.05, 3.63) is 29.8 Å². The van der Waals surface area contributed by atoms with Gasteiger partial charge in [0.25, 0.3) is 0 Å². The minimum absolute atomic E-state index is 0.352. The van der Waals surface area contributed by atoms with Crippen LogP contribution in [0.15, 0.2) is 24.3 Å². The standard InChI is InChI=1S/C18H28N2O/c1-3-21-18-7-5-4-6-17(18)14(2)19-15-10-12-20(13-11-15)16-8-9-16/h4-7,14-16,19H,3,8-13H2,1-2H3. The number of nitrogens with zero attached hydrogens (tertiary/aromatic N) is 1. The van der Waals surface area contributed by atoms with Crippen LogP contribution in [0.25, 0.3) is 0 Å². The molecule has 0 spiro atoms. The van der Waals surface area contributed by atoms with Gasteiger partial charge in [-0.05, 0) is 58.7 Å². The Morgan fingerprint density at radius 3 is 2.57 bits per heavy atom. The fourth-order valence-electron chi connectivity index (χ4n) is 3.44. The highest BCUT2D eigenvalue weighted by atomic mass is 16.5. The maximum absolute atomic E-state index is 5.76. The van der Waals surface area contributed by atoms with Crippen molar-refractivity contribution >= 4 is 0 Å². The minimum atomic E-state index is 0.352. The van der Waals surface area contributed by atoms with E-state index >= 15 is 0 Å². The molecule has 1 N–H and O–H groups in total. The molecule has 0 amide bonds. The molecule has 1 saturated carbocycles. The molecule has 0 aromatic heterocycles. The van der Waals surface area contributed by atoms with E-state index in [-0.39, 0.29) is 0 Å². The first-order valence-corrected chi connectivity index (χ1v) is 8.49. The Balaban J connectivity index is 1.55. The number of likely N-dealkylation sites (tertiary alicyclic amines) is 1. The zero-order valence-electron chi connectivity index (χ0n) is 13.3. The average Bonchev–Trinajstić information content (AvgIpc) is 3.34. The van der Waals surface area contributed by atoms with E-state index < -0.39 is 0 Å². The van der Waals surface area contributed by atoms with E-state index in [4.69, 9.17) is 4.74 Å². The first kappa shape index (κ1) is 14.9. The number of para-hydroxylation sites is 1. The molecule has 0 radical (unpaired) electrons. The normalized spacial score (nSPS) is 22.2. The third-order valence-electron chi connectivity index (χ3n) is 4.76. The zero-order chi connectivity index (χ0) is 14.7. The van der Waals surface area contributed by atoms with Gasteiger partial charge in [0.05, 0.1) is 6.61 Å². The summed E-state index contributed by atoms with van der Waals surface area (Å²) in [4.78, 5) is 2.68. The molecule has 0 bridgehead atoms. The summed E-state index contributed by atoms with van der Waals surface area (Å²) >= 11 is 0. The number of ether oxygens (including phenoxy) is 1. The molecule has 3 nitrogen and oxygen atoms in total. The Morgan fingerprint density at radius 1 is 1.19 bits per heavy atom. The van der Waals surface area contributed by atoms with E-state index in [0.717, 1.165) is 18.4 Å². The molecular formula is C18H28N2O. The zero-order valence-corrected chi connectivity index (χ0v) is 13.3. The molecule has 1 aromatic carbocycles. The van der Waals surface area contributed by atoms with Gasteiger partial charge in [-0.2, -0.15) is 0 Å². The number of hydrogen-bond donors (Lipinski definition) is 1. The Morgan fingerprint density at radius 2 is 1.90 bits per heavy atom. The van der Waals surface area contributed by atoms with Crippen LogP contribution < -0.4 is 10.1 Å². The predicted octanol–water partition coefficient (Wildman–Crippen LogP) is 3.36. The summed E-state index contributed by atoms with van der Waals surface area (Å²) in [5, 5.41) is 3.81. The SMILES string of the molecule is CCOc1ccccc1C(C)NC1CCN(C2CC2)CC1. The van der Waals surface area contributed by atoms with Crippen molar-refractivity contribution in [1.82, 2.24) is 10.2 Å². The van der Waals surface area contributed by atoms with E-state index in [1.807, 2.05) is 6.92 Å². The average molecular weight is 288 g/mol. The first-order chi connectivity index (χ1) is 10.3. The Labute approximate surface area is 128 Å². The van der Waals surface area contributed by atoms with Crippen LogP contribution in [0.2, 0.25) is 0 Å². The summed E-state index contributed by atoms with van der Waals surface area (Å²) in [5.41, 5.74) is 1.28. The maximum atomic E-state index is 5.76. The van der Waals surface area contributed by atoms with E-state index in [1.165, 1.54) is 44.3 Å². The van der Waals surface area contributed by atoms with Gasteiger partial charge < -0.3 is 15.0 Å².